The Kier molecular flexibility index (Phi) is 5.13. The molecule has 110 valence electrons. The fraction of sp³-hybridized carbons (Fsp3) is 0.154. The van der Waals surface area contributed by atoms with Gasteiger partial charge in [0.25, 0.3) is 5.91 Å². The number of amides is 1. The molecule has 1 aromatic heterocycles. The van der Waals surface area contributed by atoms with E-state index in [0.29, 0.717) is 11.4 Å². The molecule has 0 radical (unpaired) electrons. The van der Waals surface area contributed by atoms with Crippen molar-refractivity contribution in [3.63, 3.8) is 0 Å². The molecule has 1 amide bonds. The first kappa shape index (κ1) is 15.7. The van der Waals surface area contributed by atoms with Crippen molar-refractivity contribution in [2.45, 2.75) is 6.92 Å². The lowest BCUT2D eigenvalue weighted by Gasteiger charge is -2.06. The molecule has 0 unspecified atom stereocenters. The predicted octanol–water partition coefficient (Wildman–Crippen LogP) is 3.02. The van der Waals surface area contributed by atoms with Crippen molar-refractivity contribution >= 4 is 44.0 Å². The van der Waals surface area contributed by atoms with Gasteiger partial charge in [-0.1, -0.05) is 0 Å². The van der Waals surface area contributed by atoms with Crippen molar-refractivity contribution in [3.05, 3.63) is 44.1 Å². The summed E-state index contributed by atoms with van der Waals surface area (Å²) >= 11 is 6.80. The number of ether oxygens (including phenoxy) is 1. The van der Waals surface area contributed by atoms with Crippen LogP contribution in [0.25, 0.3) is 0 Å². The highest BCUT2D eigenvalue weighted by Gasteiger charge is 2.08. The Morgan fingerprint density at radius 3 is 2.57 bits per heavy atom. The van der Waals surface area contributed by atoms with Crippen molar-refractivity contribution in [2.75, 3.05) is 7.11 Å². The highest BCUT2D eigenvalue weighted by molar-refractivity contribution is 9.11. The van der Waals surface area contributed by atoms with E-state index in [1.54, 1.807) is 13.2 Å². The molecule has 2 aromatic rings. The number of nitrogens with zero attached hydrogens (tertiary/aromatic N) is 2. The van der Waals surface area contributed by atoms with Crippen molar-refractivity contribution in [1.82, 2.24) is 15.6 Å². The zero-order chi connectivity index (χ0) is 15.4. The van der Waals surface area contributed by atoms with E-state index in [0.717, 1.165) is 20.2 Å². The molecule has 8 heteroatoms. The van der Waals surface area contributed by atoms with Crippen LogP contribution >= 0.6 is 31.9 Å². The zero-order valence-electron chi connectivity index (χ0n) is 11.3. The van der Waals surface area contributed by atoms with Gasteiger partial charge in [0.05, 0.1) is 22.3 Å². The summed E-state index contributed by atoms with van der Waals surface area (Å²) in [6, 6.07) is 5.31. The largest absolute Gasteiger partial charge is 0.494 e. The number of hydrazone groups is 1. The van der Waals surface area contributed by atoms with Gasteiger partial charge in [-0.05, 0) is 62.5 Å². The highest BCUT2D eigenvalue weighted by atomic mass is 79.9. The third-order valence-corrected chi connectivity index (χ3v) is 3.72. The molecule has 1 aromatic carbocycles. The van der Waals surface area contributed by atoms with Gasteiger partial charge >= 0.3 is 0 Å². The van der Waals surface area contributed by atoms with Crippen molar-refractivity contribution < 1.29 is 9.53 Å². The van der Waals surface area contributed by atoms with Gasteiger partial charge in [-0.3, -0.25) is 9.89 Å². The van der Waals surface area contributed by atoms with E-state index < -0.39 is 0 Å². The number of carbonyl (C=O) groups is 1. The minimum absolute atomic E-state index is 0.293. The molecule has 0 aliphatic rings. The van der Waals surface area contributed by atoms with Gasteiger partial charge in [0.2, 0.25) is 0 Å². The van der Waals surface area contributed by atoms with Gasteiger partial charge < -0.3 is 4.74 Å². The summed E-state index contributed by atoms with van der Waals surface area (Å²) in [4.78, 5) is 11.7. The van der Waals surface area contributed by atoms with Crippen LogP contribution < -0.4 is 10.2 Å². The average Bonchev–Trinajstić information content (AvgIpc) is 2.85. The van der Waals surface area contributed by atoms with Crippen LogP contribution in [0.15, 0.2) is 32.2 Å². The van der Waals surface area contributed by atoms with Gasteiger partial charge in [0.1, 0.15) is 5.75 Å². The van der Waals surface area contributed by atoms with Gasteiger partial charge in [-0.25, -0.2) is 5.43 Å². The van der Waals surface area contributed by atoms with Crippen LogP contribution in [-0.2, 0) is 0 Å². The molecule has 2 N–H and O–H groups in total. The predicted molar refractivity (Wildman–Crippen MR) is 86.8 cm³/mol. The summed E-state index contributed by atoms with van der Waals surface area (Å²) in [5.74, 6) is 0.324. The first-order chi connectivity index (χ1) is 10.0. The smallest absolute Gasteiger partial charge is 0.291 e. The third-order valence-electron chi connectivity index (χ3n) is 2.54. The first-order valence-electron chi connectivity index (χ1n) is 5.89. The van der Waals surface area contributed by atoms with E-state index in [1.165, 1.54) is 6.21 Å². The first-order valence-corrected chi connectivity index (χ1v) is 7.48. The van der Waals surface area contributed by atoms with Crippen LogP contribution in [-0.4, -0.2) is 29.4 Å². The Morgan fingerprint density at radius 2 is 2.05 bits per heavy atom. The SMILES string of the molecule is COc1c(Br)cc(/C=N/NC(=O)c2cc(C)[nH]n2)cc1Br. The fourth-order valence-electron chi connectivity index (χ4n) is 1.61. The van der Waals surface area contributed by atoms with Crippen LogP contribution in [0, 0.1) is 6.92 Å². The molecule has 0 aliphatic heterocycles. The van der Waals surface area contributed by atoms with E-state index in [4.69, 9.17) is 4.74 Å². The number of carbonyl (C=O) groups excluding carboxylic acids is 1. The Bertz CT molecular complexity index is 674. The number of methoxy groups -OCH3 is 1. The second kappa shape index (κ2) is 6.86. The number of aromatic amines is 1. The molecule has 0 atom stereocenters. The van der Waals surface area contributed by atoms with E-state index in [1.807, 2.05) is 19.1 Å². The number of H-pyrrole nitrogens is 1. The maximum Gasteiger partial charge on any atom is 0.291 e. The summed E-state index contributed by atoms with van der Waals surface area (Å²) < 4.78 is 6.79. The van der Waals surface area contributed by atoms with Gasteiger partial charge in [0, 0.05) is 5.69 Å². The molecule has 0 spiro atoms. The number of nitrogens with one attached hydrogen (secondary N) is 2. The molecular weight excluding hydrogens is 404 g/mol. The number of aryl methyl sites for hydroxylation is 1. The van der Waals surface area contributed by atoms with Crippen LogP contribution in [0.1, 0.15) is 21.7 Å². The minimum Gasteiger partial charge on any atom is -0.494 e. The zero-order valence-corrected chi connectivity index (χ0v) is 14.4. The summed E-state index contributed by atoms with van der Waals surface area (Å²) in [6.45, 7) is 1.82. The van der Waals surface area contributed by atoms with Gasteiger partial charge in [-0.15, -0.1) is 0 Å². The maximum absolute atomic E-state index is 11.7. The molecule has 2 rings (SSSR count). The van der Waals surface area contributed by atoms with E-state index in [2.05, 4.69) is 52.6 Å². The van der Waals surface area contributed by atoms with Gasteiger partial charge in [0.15, 0.2) is 5.69 Å². The summed E-state index contributed by atoms with van der Waals surface area (Å²) in [5.41, 5.74) is 4.32. The number of halogens is 2. The second-order valence-corrected chi connectivity index (χ2v) is 5.86. The topological polar surface area (TPSA) is 79.4 Å². The molecule has 0 saturated carbocycles. The quantitative estimate of drug-likeness (QED) is 0.595. The molecule has 0 saturated heterocycles. The van der Waals surface area contributed by atoms with E-state index >= 15 is 0 Å². The summed E-state index contributed by atoms with van der Waals surface area (Å²) in [7, 11) is 1.59. The van der Waals surface area contributed by atoms with Crippen LogP contribution in [0.4, 0.5) is 0 Å². The molecule has 6 nitrogen and oxygen atoms in total. The Labute approximate surface area is 138 Å². The van der Waals surface area contributed by atoms with E-state index in [-0.39, 0.29) is 5.91 Å². The highest BCUT2D eigenvalue weighted by Crippen LogP contribution is 2.33. The normalized spacial score (nSPS) is 10.9. The molecule has 21 heavy (non-hydrogen) atoms. The molecule has 0 fully saturated rings. The maximum atomic E-state index is 11.7. The van der Waals surface area contributed by atoms with Crippen LogP contribution in [0.2, 0.25) is 0 Å². The van der Waals surface area contributed by atoms with Crippen LogP contribution in [0.3, 0.4) is 0 Å². The Morgan fingerprint density at radius 1 is 1.38 bits per heavy atom. The lowest BCUT2D eigenvalue weighted by atomic mass is 10.2. The standard InChI is InChI=1S/C13H12Br2N4O2/c1-7-3-11(18-17-7)13(20)19-16-6-8-4-9(14)12(21-2)10(15)5-8/h3-6H,1-2H3,(H,17,18)(H,19,20)/b16-6+. The molecular formula is C13H12Br2N4O2. The monoisotopic (exact) mass is 414 g/mol. The number of hydrogen-bond donors (Lipinski definition) is 2. The lowest BCUT2D eigenvalue weighted by Crippen LogP contribution is -2.18. The van der Waals surface area contributed by atoms with Crippen molar-refractivity contribution in [1.29, 1.82) is 0 Å². The summed E-state index contributed by atoms with van der Waals surface area (Å²) in [5, 5.41) is 10.5. The van der Waals surface area contributed by atoms with Crippen LogP contribution in [0.5, 0.6) is 5.75 Å². The lowest BCUT2D eigenvalue weighted by molar-refractivity contribution is 0.0950. The molecule has 0 bridgehead atoms. The number of rotatable bonds is 4. The third kappa shape index (κ3) is 3.92. The van der Waals surface area contributed by atoms with Gasteiger partial charge in [-0.2, -0.15) is 10.2 Å². The Balaban J connectivity index is 2.06. The molecule has 1 heterocycles. The Hall–Kier alpha value is -1.67. The number of benzene rings is 1. The van der Waals surface area contributed by atoms with Crippen molar-refractivity contribution in [3.8, 4) is 5.75 Å². The average molecular weight is 416 g/mol. The molecule has 0 aliphatic carbocycles. The second-order valence-electron chi connectivity index (χ2n) is 4.15. The van der Waals surface area contributed by atoms with Crippen molar-refractivity contribution in [2.24, 2.45) is 5.10 Å². The minimum atomic E-state index is -0.373. The van der Waals surface area contributed by atoms with E-state index in [9.17, 15) is 4.79 Å². The summed E-state index contributed by atoms with van der Waals surface area (Å²) in [6.07, 6.45) is 1.53. The number of hydrogen-bond acceptors (Lipinski definition) is 4. The fourth-order valence-corrected chi connectivity index (χ4v) is 3.15. The number of aromatic nitrogens is 2.